The van der Waals surface area contributed by atoms with Crippen LogP contribution in [0.25, 0.3) is 11.3 Å². The van der Waals surface area contributed by atoms with Crippen molar-refractivity contribution in [2.75, 3.05) is 0 Å². The van der Waals surface area contributed by atoms with Gasteiger partial charge in [-0.05, 0) is 37.3 Å². The van der Waals surface area contributed by atoms with Crippen molar-refractivity contribution in [3.05, 3.63) is 77.5 Å². The molecule has 0 fully saturated rings. The van der Waals surface area contributed by atoms with E-state index in [1.165, 1.54) is 11.1 Å². The molecule has 4 heteroatoms. The molecule has 3 rings (SSSR count). The number of aryl methyl sites for hydroxylation is 2. The van der Waals surface area contributed by atoms with Gasteiger partial charge in [0.25, 0.3) is 5.91 Å². The highest BCUT2D eigenvalue weighted by atomic mass is 16.1. The summed E-state index contributed by atoms with van der Waals surface area (Å²) in [6.45, 7) is 4.16. The number of nitrogens with one attached hydrogen (secondary N) is 2. The van der Waals surface area contributed by atoms with Crippen LogP contribution in [0.5, 0.6) is 0 Å². The van der Waals surface area contributed by atoms with Gasteiger partial charge in [0.15, 0.2) is 0 Å². The molecule has 1 aromatic heterocycles. The van der Waals surface area contributed by atoms with E-state index in [1.54, 1.807) is 6.20 Å². The van der Waals surface area contributed by atoms with Gasteiger partial charge < -0.3 is 5.32 Å². The van der Waals surface area contributed by atoms with Crippen molar-refractivity contribution in [1.82, 2.24) is 15.5 Å². The van der Waals surface area contributed by atoms with Crippen LogP contribution in [0.3, 0.4) is 0 Å². The van der Waals surface area contributed by atoms with Crippen LogP contribution in [0.1, 0.15) is 41.8 Å². The molecule has 1 heterocycles. The summed E-state index contributed by atoms with van der Waals surface area (Å²) >= 11 is 0. The van der Waals surface area contributed by atoms with Gasteiger partial charge in [-0.15, -0.1) is 0 Å². The van der Waals surface area contributed by atoms with E-state index in [2.05, 4.69) is 46.7 Å². The predicted molar refractivity (Wildman–Crippen MR) is 105 cm³/mol. The summed E-state index contributed by atoms with van der Waals surface area (Å²) < 4.78 is 0. The van der Waals surface area contributed by atoms with E-state index in [0.717, 1.165) is 30.5 Å². The highest BCUT2D eigenvalue weighted by Crippen LogP contribution is 2.22. The van der Waals surface area contributed by atoms with Crippen molar-refractivity contribution in [2.24, 2.45) is 0 Å². The van der Waals surface area contributed by atoms with E-state index in [4.69, 9.17) is 0 Å². The van der Waals surface area contributed by atoms with E-state index >= 15 is 0 Å². The molecule has 2 N–H and O–H groups in total. The van der Waals surface area contributed by atoms with E-state index < -0.39 is 0 Å². The van der Waals surface area contributed by atoms with Crippen molar-refractivity contribution in [2.45, 2.75) is 39.2 Å². The Balaban J connectivity index is 1.64. The molecule has 0 radical (unpaired) electrons. The molecule has 134 valence electrons. The van der Waals surface area contributed by atoms with Crippen LogP contribution in [0.2, 0.25) is 0 Å². The number of hydrogen-bond donors (Lipinski definition) is 2. The third-order valence-corrected chi connectivity index (χ3v) is 4.62. The zero-order chi connectivity index (χ0) is 18.4. The number of aromatic amines is 1. The number of benzene rings is 2. The predicted octanol–water partition coefficient (Wildman–Crippen LogP) is 4.39. The second-order valence-electron chi connectivity index (χ2n) is 6.61. The highest BCUT2D eigenvalue weighted by molar-refractivity contribution is 5.99. The Hall–Kier alpha value is -2.88. The summed E-state index contributed by atoms with van der Waals surface area (Å²) in [5.41, 5.74) is 4.88. The molecule has 1 amide bonds. The van der Waals surface area contributed by atoms with Gasteiger partial charge in [0.2, 0.25) is 0 Å². The Morgan fingerprint density at radius 1 is 1.08 bits per heavy atom. The third kappa shape index (κ3) is 4.39. The van der Waals surface area contributed by atoms with Crippen molar-refractivity contribution in [3.8, 4) is 11.3 Å². The Morgan fingerprint density at radius 2 is 1.81 bits per heavy atom. The number of H-pyrrole nitrogens is 1. The first-order valence-electron chi connectivity index (χ1n) is 9.15. The second-order valence-corrected chi connectivity index (χ2v) is 6.61. The lowest BCUT2D eigenvalue weighted by molar-refractivity contribution is 0.0939. The zero-order valence-electron chi connectivity index (χ0n) is 15.3. The first-order chi connectivity index (χ1) is 12.7. The van der Waals surface area contributed by atoms with Crippen LogP contribution >= 0.6 is 0 Å². The Kier molecular flexibility index (Phi) is 5.84. The van der Waals surface area contributed by atoms with Gasteiger partial charge in [0.05, 0.1) is 17.5 Å². The van der Waals surface area contributed by atoms with Gasteiger partial charge in [-0.25, -0.2) is 0 Å². The molecule has 0 aliphatic rings. The molecule has 3 aromatic rings. The maximum absolute atomic E-state index is 12.7. The van der Waals surface area contributed by atoms with E-state index in [0.29, 0.717) is 5.56 Å². The standard InChI is InChI=1S/C22H25N3O/c1-3-17-11-13-19(14-12-17)21-20(15-23-25-21)22(26)24-16(2)9-10-18-7-5-4-6-8-18/h4-8,11-16H,3,9-10H2,1-2H3,(H,23,25)(H,24,26). The number of carbonyl (C=O) groups is 1. The minimum Gasteiger partial charge on any atom is -0.349 e. The molecule has 0 bridgehead atoms. The summed E-state index contributed by atoms with van der Waals surface area (Å²) in [6, 6.07) is 18.6. The lowest BCUT2D eigenvalue weighted by Gasteiger charge is -2.14. The molecular formula is C22H25N3O. The molecule has 0 aliphatic heterocycles. The lowest BCUT2D eigenvalue weighted by atomic mass is 10.0. The van der Waals surface area contributed by atoms with Crippen LogP contribution in [-0.4, -0.2) is 22.1 Å². The summed E-state index contributed by atoms with van der Waals surface area (Å²) in [5.74, 6) is -0.0890. The quantitative estimate of drug-likeness (QED) is 0.666. The number of carbonyl (C=O) groups excluding carboxylic acids is 1. The maximum atomic E-state index is 12.7. The van der Waals surface area contributed by atoms with Gasteiger partial charge in [-0.1, -0.05) is 61.5 Å². The summed E-state index contributed by atoms with van der Waals surface area (Å²) in [4.78, 5) is 12.7. The van der Waals surface area contributed by atoms with Crippen molar-refractivity contribution in [3.63, 3.8) is 0 Å². The SMILES string of the molecule is CCc1ccc(-c2[nH]ncc2C(=O)NC(C)CCc2ccccc2)cc1. The fraction of sp³-hybridized carbons (Fsp3) is 0.273. The van der Waals surface area contributed by atoms with Gasteiger partial charge in [0, 0.05) is 11.6 Å². The number of rotatable bonds is 7. The first kappa shape index (κ1) is 17.9. The average molecular weight is 347 g/mol. The van der Waals surface area contributed by atoms with Crippen LogP contribution in [-0.2, 0) is 12.8 Å². The van der Waals surface area contributed by atoms with Crippen LogP contribution < -0.4 is 5.32 Å². The summed E-state index contributed by atoms with van der Waals surface area (Å²) in [5, 5.41) is 10.1. The number of aromatic nitrogens is 2. The lowest BCUT2D eigenvalue weighted by Crippen LogP contribution is -2.33. The molecule has 0 saturated heterocycles. The molecule has 0 aliphatic carbocycles. The van der Waals surface area contributed by atoms with E-state index in [-0.39, 0.29) is 11.9 Å². The van der Waals surface area contributed by atoms with Gasteiger partial charge in [-0.2, -0.15) is 5.10 Å². The van der Waals surface area contributed by atoms with Crippen molar-refractivity contribution in [1.29, 1.82) is 0 Å². The van der Waals surface area contributed by atoms with Gasteiger partial charge >= 0.3 is 0 Å². The van der Waals surface area contributed by atoms with Crippen LogP contribution in [0.15, 0.2) is 60.8 Å². The fourth-order valence-corrected chi connectivity index (χ4v) is 2.99. The second kappa shape index (κ2) is 8.48. The topological polar surface area (TPSA) is 57.8 Å². The fourth-order valence-electron chi connectivity index (χ4n) is 2.99. The van der Waals surface area contributed by atoms with Gasteiger partial charge in [-0.3, -0.25) is 9.89 Å². The molecule has 0 spiro atoms. The summed E-state index contributed by atoms with van der Waals surface area (Å²) in [6.07, 6.45) is 4.44. The minimum absolute atomic E-state index is 0.0890. The number of nitrogens with zero attached hydrogens (tertiary/aromatic N) is 1. The van der Waals surface area contributed by atoms with E-state index in [9.17, 15) is 4.79 Å². The van der Waals surface area contributed by atoms with Crippen LogP contribution in [0.4, 0.5) is 0 Å². The Morgan fingerprint density at radius 3 is 2.50 bits per heavy atom. The van der Waals surface area contributed by atoms with Crippen molar-refractivity contribution >= 4 is 5.91 Å². The van der Waals surface area contributed by atoms with Gasteiger partial charge in [0.1, 0.15) is 0 Å². The average Bonchev–Trinajstić information content (AvgIpc) is 3.17. The third-order valence-electron chi connectivity index (χ3n) is 4.62. The summed E-state index contributed by atoms with van der Waals surface area (Å²) in [7, 11) is 0. The van der Waals surface area contributed by atoms with Crippen LogP contribution in [0, 0.1) is 0 Å². The molecule has 0 saturated carbocycles. The Labute approximate surface area is 154 Å². The van der Waals surface area contributed by atoms with Crippen molar-refractivity contribution < 1.29 is 4.79 Å². The monoisotopic (exact) mass is 347 g/mol. The smallest absolute Gasteiger partial charge is 0.255 e. The zero-order valence-corrected chi connectivity index (χ0v) is 15.3. The largest absolute Gasteiger partial charge is 0.349 e. The maximum Gasteiger partial charge on any atom is 0.255 e. The molecule has 2 aromatic carbocycles. The number of hydrogen-bond acceptors (Lipinski definition) is 2. The van der Waals surface area contributed by atoms with E-state index in [1.807, 2.05) is 37.3 Å². The normalized spacial score (nSPS) is 11.9. The minimum atomic E-state index is -0.0890. The first-order valence-corrected chi connectivity index (χ1v) is 9.15. The molecular weight excluding hydrogens is 322 g/mol. The molecule has 4 nitrogen and oxygen atoms in total. The Bertz CT molecular complexity index is 837. The number of amides is 1. The highest BCUT2D eigenvalue weighted by Gasteiger charge is 2.17. The molecule has 1 unspecified atom stereocenters. The molecule has 1 atom stereocenters. The molecule has 26 heavy (non-hydrogen) atoms.